The van der Waals surface area contributed by atoms with Gasteiger partial charge in [-0.25, -0.2) is 19.6 Å². The Morgan fingerprint density at radius 3 is 2.79 bits per heavy atom. The number of guanidine groups is 1. The number of halogens is 1. The number of aliphatic imine (C=N–C) groups is 1. The number of rotatable bonds is 5. The van der Waals surface area contributed by atoms with Crippen LogP contribution < -0.4 is 10.6 Å². The average Bonchev–Trinajstić information content (AvgIpc) is 3.25. The minimum atomic E-state index is -0.0489. The summed E-state index contributed by atoms with van der Waals surface area (Å²) in [5.74, 6) is 4.29. The monoisotopic (exact) mass is 501 g/mol. The minimum Gasteiger partial charge on any atom is -0.443 e. The van der Waals surface area contributed by atoms with Crippen LogP contribution in [0.15, 0.2) is 15.6 Å². The van der Waals surface area contributed by atoms with Gasteiger partial charge in [0.2, 0.25) is 5.89 Å². The number of hydrogen-bond acceptors (Lipinski definition) is 5. The summed E-state index contributed by atoms with van der Waals surface area (Å²) in [5, 5.41) is 11.4. The molecule has 0 aliphatic carbocycles. The van der Waals surface area contributed by atoms with Gasteiger partial charge in [-0.15, -0.1) is 24.0 Å². The van der Waals surface area contributed by atoms with E-state index in [0.29, 0.717) is 12.4 Å². The minimum absolute atomic E-state index is 0. The molecule has 0 spiro atoms. The van der Waals surface area contributed by atoms with Crippen molar-refractivity contribution < 1.29 is 4.42 Å². The Morgan fingerprint density at radius 1 is 1.36 bits per heavy atom. The van der Waals surface area contributed by atoms with E-state index in [4.69, 9.17) is 4.42 Å². The maximum atomic E-state index is 5.83. The molecule has 0 saturated carbocycles. The molecule has 1 unspecified atom stereocenters. The van der Waals surface area contributed by atoms with E-state index >= 15 is 0 Å². The summed E-state index contributed by atoms with van der Waals surface area (Å²) in [5.41, 5.74) is -0.0489. The molecule has 1 aliphatic rings. The zero-order valence-electron chi connectivity index (χ0n) is 17.4. The summed E-state index contributed by atoms with van der Waals surface area (Å²) in [7, 11) is 0. The third kappa shape index (κ3) is 5.68. The Hall–Kier alpha value is -1.65. The van der Waals surface area contributed by atoms with Crippen molar-refractivity contribution in [3.8, 4) is 0 Å². The lowest BCUT2D eigenvalue weighted by atomic mass is 9.94. The van der Waals surface area contributed by atoms with Gasteiger partial charge in [0, 0.05) is 30.8 Å². The van der Waals surface area contributed by atoms with Crippen molar-refractivity contribution in [1.29, 1.82) is 0 Å². The maximum Gasteiger partial charge on any atom is 0.216 e. The summed E-state index contributed by atoms with van der Waals surface area (Å²) in [6.45, 7) is 12.5. The zero-order valence-corrected chi connectivity index (χ0v) is 19.8. The molecule has 2 aromatic rings. The second-order valence-electron chi connectivity index (χ2n) is 7.92. The maximum absolute atomic E-state index is 5.83. The van der Waals surface area contributed by atoms with Crippen molar-refractivity contribution in [2.75, 3.05) is 6.54 Å². The van der Waals surface area contributed by atoms with E-state index in [9.17, 15) is 0 Å². The molecule has 3 rings (SSSR count). The molecule has 0 radical (unpaired) electrons. The fourth-order valence-corrected chi connectivity index (χ4v) is 3.02. The van der Waals surface area contributed by atoms with Crippen LogP contribution in [-0.4, -0.2) is 38.3 Å². The molecule has 2 aromatic heterocycles. The van der Waals surface area contributed by atoms with Crippen molar-refractivity contribution in [1.82, 2.24) is 30.4 Å². The molecular weight excluding hydrogens is 469 g/mol. The van der Waals surface area contributed by atoms with Crippen LogP contribution in [0.4, 0.5) is 0 Å². The fraction of sp³-hybridized carbons (Fsp3) is 0.684. The first-order valence-electron chi connectivity index (χ1n) is 9.81. The predicted octanol–water partition coefficient (Wildman–Crippen LogP) is 2.81. The van der Waals surface area contributed by atoms with E-state index in [0.717, 1.165) is 55.7 Å². The highest BCUT2D eigenvalue weighted by atomic mass is 127. The van der Waals surface area contributed by atoms with Crippen LogP contribution in [0.3, 0.4) is 0 Å². The van der Waals surface area contributed by atoms with Gasteiger partial charge in [0.05, 0.1) is 12.7 Å². The molecular formula is C19H32IN7O. The molecule has 0 bridgehead atoms. The van der Waals surface area contributed by atoms with E-state index < -0.39 is 0 Å². The lowest BCUT2D eigenvalue weighted by Gasteiger charge is -2.25. The average molecular weight is 501 g/mol. The first-order chi connectivity index (χ1) is 12.9. The number of fused-ring (bicyclic) bond motifs is 1. The SMILES string of the molecule is CCNC(=NCc1ncc(C(C)(C)C)o1)NC1CCc2nc(CC)nn2C1.I. The normalized spacial score (nSPS) is 17.0. The molecule has 9 heteroatoms. The Labute approximate surface area is 184 Å². The van der Waals surface area contributed by atoms with Crippen LogP contribution in [0.25, 0.3) is 0 Å². The van der Waals surface area contributed by atoms with Gasteiger partial charge >= 0.3 is 0 Å². The number of nitrogens with one attached hydrogen (secondary N) is 2. The van der Waals surface area contributed by atoms with Gasteiger partial charge in [-0.2, -0.15) is 5.10 Å². The smallest absolute Gasteiger partial charge is 0.216 e. The Bertz CT molecular complexity index is 791. The largest absolute Gasteiger partial charge is 0.443 e. The highest BCUT2D eigenvalue weighted by Gasteiger charge is 2.22. The zero-order chi connectivity index (χ0) is 19.4. The van der Waals surface area contributed by atoms with Crippen molar-refractivity contribution in [3.63, 3.8) is 0 Å². The van der Waals surface area contributed by atoms with Gasteiger partial charge in [0.15, 0.2) is 11.8 Å². The fourth-order valence-electron chi connectivity index (χ4n) is 3.02. The van der Waals surface area contributed by atoms with E-state index in [-0.39, 0.29) is 35.4 Å². The third-order valence-electron chi connectivity index (χ3n) is 4.57. The van der Waals surface area contributed by atoms with Gasteiger partial charge in [-0.3, -0.25) is 0 Å². The summed E-state index contributed by atoms with van der Waals surface area (Å²) in [6, 6.07) is 0.274. The first kappa shape index (κ1) is 22.6. The van der Waals surface area contributed by atoms with E-state index in [1.165, 1.54) is 0 Å². The number of hydrogen-bond donors (Lipinski definition) is 2. The van der Waals surface area contributed by atoms with Gasteiger partial charge in [0.25, 0.3) is 0 Å². The Kier molecular flexibility index (Phi) is 7.85. The molecule has 2 N–H and O–H groups in total. The number of nitrogens with zero attached hydrogens (tertiary/aromatic N) is 5. The van der Waals surface area contributed by atoms with Crippen LogP contribution in [0.2, 0.25) is 0 Å². The summed E-state index contributed by atoms with van der Waals surface area (Å²) in [4.78, 5) is 13.6. The topological polar surface area (TPSA) is 93.2 Å². The summed E-state index contributed by atoms with van der Waals surface area (Å²) in [6.07, 6.45) is 4.61. The second-order valence-corrected chi connectivity index (χ2v) is 7.92. The van der Waals surface area contributed by atoms with Gasteiger partial charge in [-0.1, -0.05) is 27.7 Å². The van der Waals surface area contributed by atoms with E-state index in [2.05, 4.69) is 65.3 Å². The summed E-state index contributed by atoms with van der Waals surface area (Å²) < 4.78 is 7.85. The van der Waals surface area contributed by atoms with Crippen LogP contribution in [0.1, 0.15) is 64.3 Å². The number of aryl methyl sites for hydroxylation is 2. The van der Waals surface area contributed by atoms with Crippen LogP contribution >= 0.6 is 24.0 Å². The highest BCUT2D eigenvalue weighted by Crippen LogP contribution is 2.22. The quantitative estimate of drug-likeness (QED) is 0.372. The molecule has 0 amide bonds. The highest BCUT2D eigenvalue weighted by molar-refractivity contribution is 14.0. The Morgan fingerprint density at radius 2 is 2.14 bits per heavy atom. The molecule has 28 heavy (non-hydrogen) atoms. The number of oxazole rings is 1. The van der Waals surface area contributed by atoms with Crippen molar-refractivity contribution in [2.24, 2.45) is 4.99 Å². The molecule has 0 fully saturated rings. The summed E-state index contributed by atoms with van der Waals surface area (Å²) >= 11 is 0. The number of aromatic nitrogens is 4. The van der Waals surface area contributed by atoms with Gasteiger partial charge < -0.3 is 15.1 Å². The Balaban J connectivity index is 0.00000280. The standard InChI is InChI=1S/C19H31N7O.HI/c1-6-15-24-16-9-8-13(12-26(16)25-15)23-18(20-7-2)22-11-17-21-10-14(27-17)19(3,4)5;/h10,13H,6-9,11-12H2,1-5H3,(H2,20,22,23);1H. The van der Waals surface area contributed by atoms with Crippen LogP contribution in [0, 0.1) is 0 Å². The van der Waals surface area contributed by atoms with E-state index in [1.54, 1.807) is 6.20 Å². The molecule has 0 aromatic carbocycles. The van der Waals surface area contributed by atoms with Gasteiger partial charge in [0.1, 0.15) is 18.1 Å². The van der Waals surface area contributed by atoms with Crippen molar-refractivity contribution in [2.45, 2.75) is 78.4 Å². The lowest BCUT2D eigenvalue weighted by Crippen LogP contribution is -2.47. The third-order valence-corrected chi connectivity index (χ3v) is 4.57. The molecule has 3 heterocycles. The van der Waals surface area contributed by atoms with E-state index in [1.807, 2.05) is 4.68 Å². The lowest BCUT2D eigenvalue weighted by molar-refractivity contribution is 0.381. The van der Waals surface area contributed by atoms with Crippen molar-refractivity contribution >= 4 is 29.9 Å². The molecule has 1 aliphatic heterocycles. The predicted molar refractivity (Wildman–Crippen MR) is 120 cm³/mol. The molecule has 156 valence electrons. The second kappa shape index (κ2) is 9.71. The molecule has 0 saturated heterocycles. The van der Waals surface area contributed by atoms with Crippen LogP contribution in [0.5, 0.6) is 0 Å². The van der Waals surface area contributed by atoms with Crippen molar-refractivity contribution in [3.05, 3.63) is 29.5 Å². The molecule has 8 nitrogen and oxygen atoms in total. The first-order valence-corrected chi connectivity index (χ1v) is 9.81. The van der Waals surface area contributed by atoms with Gasteiger partial charge in [-0.05, 0) is 13.3 Å². The molecule has 1 atom stereocenters. The van der Waals surface area contributed by atoms with Crippen LogP contribution in [-0.2, 0) is 31.3 Å².